The molecule has 1 saturated heterocycles. The summed E-state index contributed by atoms with van der Waals surface area (Å²) < 4.78 is 4.73. The van der Waals surface area contributed by atoms with Crippen molar-refractivity contribution in [2.24, 2.45) is 0 Å². The Morgan fingerprint density at radius 1 is 2.00 bits per heavy atom. The molecule has 0 aromatic heterocycles. The molecule has 0 spiro atoms. The minimum atomic E-state index is 0. The first kappa shape index (κ1) is 6.74. The summed E-state index contributed by atoms with van der Waals surface area (Å²) in [4.78, 5) is 0. The average Bonchev–Trinajstić information content (AvgIpc) is 2.52. The zero-order valence-corrected chi connectivity index (χ0v) is 4.48. The van der Waals surface area contributed by atoms with Gasteiger partial charge in [-0.25, -0.2) is 0 Å². The first-order chi connectivity index (χ1) is 3.43. The van der Waals surface area contributed by atoms with Crippen LogP contribution in [0.1, 0.15) is 1.43 Å². The molecule has 0 radical (unpaired) electrons. The van der Waals surface area contributed by atoms with Gasteiger partial charge in [-0.05, 0) is 0 Å². The van der Waals surface area contributed by atoms with Gasteiger partial charge in [-0.15, -0.1) is 11.6 Å². The first-order valence-corrected chi connectivity index (χ1v) is 2.37. The number of alkyl halides is 1. The molecule has 3 heteroatoms. The fourth-order valence-electron chi connectivity index (χ4n) is 0.157. The van der Waals surface area contributed by atoms with Gasteiger partial charge in [0.1, 0.15) is 0 Å². The summed E-state index contributed by atoms with van der Waals surface area (Å²) in [6.07, 6.45) is 0.400. The molecule has 1 aliphatic heterocycles. The smallest absolute Gasteiger partial charge is 0.512 e. The van der Waals surface area contributed by atoms with E-state index >= 15 is 0 Å². The minimum absolute atomic E-state index is 0. The van der Waals surface area contributed by atoms with E-state index in [0.29, 0.717) is 12.0 Å². The Balaban J connectivity index is 0. The molecule has 2 nitrogen and oxygen atoms in total. The predicted molar refractivity (Wildman–Crippen MR) is 26.5 cm³/mol. The van der Waals surface area contributed by atoms with E-state index in [9.17, 15) is 0 Å². The van der Waals surface area contributed by atoms with E-state index < -0.39 is 0 Å². The zero-order valence-electron chi connectivity index (χ0n) is 4.72. The topological polar surface area (TPSA) is 36.3 Å². The summed E-state index contributed by atoms with van der Waals surface area (Å²) in [7, 11) is 0. The molecule has 0 aromatic rings. The third-order valence-electron chi connectivity index (χ3n) is 0.574. The second-order valence-electron chi connectivity index (χ2n) is 1.11. The molecule has 1 aliphatic rings. The quantitative estimate of drug-likeness (QED) is 0.291. The van der Waals surface area contributed by atoms with Gasteiger partial charge in [0.2, 0.25) is 0 Å². The van der Waals surface area contributed by atoms with E-state index in [0.717, 1.165) is 6.61 Å². The van der Waals surface area contributed by atoms with E-state index in [-0.39, 0.29) is 1.43 Å². The molecule has 40 valence electrons. The van der Waals surface area contributed by atoms with Gasteiger partial charge in [0.25, 0.3) is 0 Å². The van der Waals surface area contributed by atoms with E-state index in [4.69, 9.17) is 28.2 Å². The van der Waals surface area contributed by atoms with E-state index in [1.165, 1.54) is 0 Å². The molecule has 0 aliphatic carbocycles. The third kappa shape index (κ3) is 3.57. The van der Waals surface area contributed by atoms with E-state index in [1.807, 2.05) is 0 Å². The molecule has 0 aromatic carbocycles. The Morgan fingerprint density at radius 2 is 2.43 bits per heavy atom. The number of hydrogen-bond acceptors (Lipinski definition) is 2. The number of nitrogens with zero attached hydrogens (tertiary/aromatic N) is 1. The SMILES string of the molecule is ClCC1CO1.[C-]#N.[H+]. The largest absolute Gasteiger partial charge is 1.00 e. The second kappa shape index (κ2) is 3.91. The monoisotopic (exact) mass is 119 g/mol. The molecule has 0 amide bonds. The summed E-state index contributed by atoms with van der Waals surface area (Å²) in [6, 6.07) is 0. The molecule has 1 rings (SSSR count). The number of epoxide rings is 1. The normalized spacial score (nSPS) is 24.7. The second-order valence-corrected chi connectivity index (χ2v) is 1.42. The Kier molecular flexibility index (Phi) is 3.77. The van der Waals surface area contributed by atoms with Gasteiger partial charge >= 0.3 is 1.43 Å². The van der Waals surface area contributed by atoms with Crippen LogP contribution < -0.4 is 0 Å². The average molecular weight is 120 g/mol. The molecule has 1 atom stereocenters. The first-order valence-electron chi connectivity index (χ1n) is 1.83. The van der Waals surface area contributed by atoms with Crippen LogP contribution in [0.15, 0.2) is 0 Å². The van der Waals surface area contributed by atoms with Crippen LogP contribution in [0.5, 0.6) is 0 Å². The van der Waals surface area contributed by atoms with Crippen LogP contribution in [-0.4, -0.2) is 18.6 Å². The Hall–Kier alpha value is -0.260. The lowest BCUT2D eigenvalue weighted by molar-refractivity contribution is 0.425. The number of halogens is 1. The molecule has 1 heterocycles. The molecule has 0 N–H and O–H groups in total. The van der Waals surface area contributed by atoms with E-state index in [2.05, 4.69) is 0 Å². The summed E-state index contributed by atoms with van der Waals surface area (Å²) >= 11 is 5.27. The van der Waals surface area contributed by atoms with Crippen LogP contribution in [-0.2, 0) is 4.74 Å². The minimum Gasteiger partial charge on any atom is -0.512 e. The van der Waals surface area contributed by atoms with Gasteiger partial charge < -0.3 is 16.6 Å². The highest BCUT2D eigenvalue weighted by Gasteiger charge is 2.19. The molecule has 1 fully saturated rings. The molecule has 1 unspecified atom stereocenters. The Morgan fingerprint density at radius 3 is 2.43 bits per heavy atom. The van der Waals surface area contributed by atoms with Crippen molar-refractivity contribution in [2.45, 2.75) is 6.10 Å². The van der Waals surface area contributed by atoms with Gasteiger partial charge in [0.15, 0.2) is 0 Å². The van der Waals surface area contributed by atoms with Crippen molar-refractivity contribution in [3.8, 4) is 0 Å². The van der Waals surface area contributed by atoms with Gasteiger partial charge in [-0.3, -0.25) is 0 Å². The summed E-state index contributed by atoms with van der Waals surface area (Å²) in [6.45, 7) is 5.63. The van der Waals surface area contributed by atoms with Gasteiger partial charge in [0, 0.05) is 0 Å². The van der Waals surface area contributed by atoms with Crippen LogP contribution >= 0.6 is 11.6 Å². The van der Waals surface area contributed by atoms with Crippen molar-refractivity contribution in [1.29, 1.82) is 5.26 Å². The lowest BCUT2D eigenvalue weighted by Crippen LogP contribution is -1.80. The summed E-state index contributed by atoms with van der Waals surface area (Å²) in [5.41, 5.74) is 0. The van der Waals surface area contributed by atoms with Crippen molar-refractivity contribution in [3.05, 3.63) is 6.57 Å². The third-order valence-corrected chi connectivity index (χ3v) is 0.919. The van der Waals surface area contributed by atoms with Crippen LogP contribution in [0, 0.1) is 11.8 Å². The predicted octanol–water partition coefficient (Wildman–Crippen LogP) is 0.833. The van der Waals surface area contributed by atoms with Gasteiger partial charge in [0.05, 0.1) is 18.6 Å². The molecule has 0 saturated carbocycles. The number of rotatable bonds is 1. The standard InChI is InChI=1S/C3H5ClO.CN/c4-1-3-2-5-3;1-2/h3H,1-2H2;/q;-1/p+1. The van der Waals surface area contributed by atoms with Crippen molar-refractivity contribution in [3.63, 3.8) is 0 Å². The van der Waals surface area contributed by atoms with Crippen LogP contribution in [0.25, 0.3) is 0 Å². The van der Waals surface area contributed by atoms with Crippen LogP contribution in [0.3, 0.4) is 0 Å². The maximum Gasteiger partial charge on any atom is 1.00 e. The number of ether oxygens (including phenoxy) is 1. The maximum atomic E-state index is 6.25. The van der Waals surface area contributed by atoms with Crippen molar-refractivity contribution in [2.75, 3.05) is 12.5 Å². The van der Waals surface area contributed by atoms with E-state index in [1.54, 1.807) is 0 Å². The van der Waals surface area contributed by atoms with Crippen molar-refractivity contribution >= 4 is 11.6 Å². The summed E-state index contributed by atoms with van der Waals surface area (Å²) in [5.74, 6) is 0.667. The van der Waals surface area contributed by atoms with Crippen molar-refractivity contribution in [1.82, 2.24) is 0 Å². The van der Waals surface area contributed by atoms with Gasteiger partial charge in [-0.1, -0.05) is 0 Å². The summed E-state index contributed by atoms with van der Waals surface area (Å²) in [5, 5.41) is 6.25. The number of hydrogen-bond donors (Lipinski definition) is 0. The highest BCUT2D eigenvalue weighted by Crippen LogP contribution is 2.08. The lowest BCUT2D eigenvalue weighted by atomic mass is 10.6. The molecule has 7 heavy (non-hydrogen) atoms. The molecule has 0 bridgehead atoms. The fourth-order valence-corrected chi connectivity index (χ4v) is 0.335. The fraction of sp³-hybridized carbons (Fsp3) is 0.750. The Bertz CT molecular complexity index is 64.3. The van der Waals surface area contributed by atoms with Gasteiger partial charge in [-0.2, -0.15) is 0 Å². The maximum absolute atomic E-state index is 6.25. The van der Waals surface area contributed by atoms with Crippen molar-refractivity contribution < 1.29 is 6.16 Å². The van der Waals surface area contributed by atoms with Crippen LogP contribution in [0.4, 0.5) is 0 Å². The zero-order chi connectivity index (χ0) is 5.70. The molecular weight excluding hydrogens is 114 g/mol. The van der Waals surface area contributed by atoms with Crippen LogP contribution in [0.2, 0.25) is 0 Å². The Labute approximate surface area is 49.1 Å². The molecular formula is C4H6ClNO. The lowest BCUT2D eigenvalue weighted by Gasteiger charge is -1.67. The highest BCUT2D eigenvalue weighted by atomic mass is 35.5. The highest BCUT2D eigenvalue weighted by molar-refractivity contribution is 6.18.